The van der Waals surface area contributed by atoms with Crippen molar-refractivity contribution >= 4 is 15.9 Å². The predicted octanol–water partition coefficient (Wildman–Crippen LogP) is 1.28. The van der Waals surface area contributed by atoms with Gasteiger partial charge < -0.3 is 0 Å². The molecule has 0 aromatic carbocycles. The number of nitrogens with zero attached hydrogens (tertiary/aromatic N) is 4. The highest BCUT2D eigenvalue weighted by atomic mass is 79.9. The van der Waals surface area contributed by atoms with Crippen LogP contribution >= 0.6 is 15.9 Å². The van der Waals surface area contributed by atoms with Gasteiger partial charge in [-0.2, -0.15) is 5.10 Å². The van der Waals surface area contributed by atoms with E-state index < -0.39 is 0 Å². The second-order valence-electron chi connectivity index (χ2n) is 4.21. The summed E-state index contributed by atoms with van der Waals surface area (Å²) in [5.41, 5.74) is 4.88. The van der Waals surface area contributed by atoms with Gasteiger partial charge in [-0.1, -0.05) is 6.92 Å². The lowest BCUT2D eigenvalue weighted by Gasteiger charge is -2.14. The molecule has 1 atom stereocenters. The molecule has 0 spiro atoms. The Morgan fingerprint density at radius 1 is 1.42 bits per heavy atom. The van der Waals surface area contributed by atoms with Gasteiger partial charge in [0, 0.05) is 25.9 Å². The molecule has 19 heavy (non-hydrogen) atoms. The Morgan fingerprint density at radius 2 is 2.11 bits per heavy atom. The lowest BCUT2D eigenvalue weighted by Crippen LogP contribution is -2.31. The Labute approximate surface area is 120 Å². The van der Waals surface area contributed by atoms with Crippen molar-refractivity contribution < 1.29 is 0 Å². The predicted molar refractivity (Wildman–Crippen MR) is 76.1 cm³/mol. The quantitative estimate of drug-likeness (QED) is 0.639. The zero-order valence-corrected chi connectivity index (χ0v) is 12.6. The van der Waals surface area contributed by atoms with E-state index in [2.05, 4.69) is 43.3 Å². The molecule has 0 bridgehead atoms. The Bertz CT molecular complexity index is 539. The third-order valence-electron chi connectivity index (χ3n) is 3.00. The molecule has 0 saturated heterocycles. The summed E-state index contributed by atoms with van der Waals surface area (Å²) in [6.45, 7) is 2.08. The number of aryl methyl sites for hydroxylation is 2. The first-order valence-corrected chi connectivity index (χ1v) is 6.90. The van der Waals surface area contributed by atoms with Gasteiger partial charge in [0.15, 0.2) is 0 Å². The zero-order valence-electron chi connectivity index (χ0n) is 11.0. The molecule has 2 heterocycles. The molecule has 1 unspecified atom stereocenters. The van der Waals surface area contributed by atoms with E-state index in [0.717, 1.165) is 22.3 Å². The lowest BCUT2D eigenvalue weighted by atomic mass is 10.1. The number of hydrazine groups is 1. The number of rotatable bonds is 5. The molecule has 2 aromatic heterocycles. The summed E-state index contributed by atoms with van der Waals surface area (Å²) < 4.78 is 2.91. The van der Waals surface area contributed by atoms with E-state index in [1.165, 1.54) is 0 Å². The van der Waals surface area contributed by atoms with Crippen LogP contribution in [0.4, 0.5) is 0 Å². The van der Waals surface area contributed by atoms with Crippen molar-refractivity contribution in [1.29, 1.82) is 0 Å². The minimum absolute atomic E-state index is 0.141. The van der Waals surface area contributed by atoms with Gasteiger partial charge in [-0.25, -0.2) is 15.4 Å². The Morgan fingerprint density at radius 3 is 2.63 bits per heavy atom. The van der Waals surface area contributed by atoms with Crippen molar-refractivity contribution in [2.24, 2.45) is 12.9 Å². The van der Waals surface area contributed by atoms with Crippen molar-refractivity contribution in [3.8, 4) is 0 Å². The van der Waals surface area contributed by atoms with E-state index in [1.54, 1.807) is 18.5 Å². The maximum atomic E-state index is 5.62. The van der Waals surface area contributed by atoms with Gasteiger partial charge >= 0.3 is 0 Å². The van der Waals surface area contributed by atoms with E-state index in [0.29, 0.717) is 12.2 Å². The van der Waals surface area contributed by atoms with Gasteiger partial charge in [0.2, 0.25) is 0 Å². The first-order chi connectivity index (χ1) is 9.17. The summed E-state index contributed by atoms with van der Waals surface area (Å²) in [6.07, 6.45) is 4.98. The maximum absolute atomic E-state index is 5.62. The van der Waals surface area contributed by atoms with E-state index in [9.17, 15) is 0 Å². The normalized spacial score (nSPS) is 12.6. The number of nitrogens with two attached hydrogens (primary N) is 1. The largest absolute Gasteiger partial charge is 0.271 e. The fraction of sp³-hybridized carbons (Fsp3) is 0.417. The second kappa shape index (κ2) is 6.23. The fourth-order valence-corrected chi connectivity index (χ4v) is 2.73. The monoisotopic (exact) mass is 324 g/mol. The van der Waals surface area contributed by atoms with Gasteiger partial charge in [-0.3, -0.25) is 10.5 Å². The molecule has 0 aliphatic carbocycles. The van der Waals surface area contributed by atoms with Crippen LogP contribution in [0.2, 0.25) is 0 Å². The van der Waals surface area contributed by atoms with Crippen molar-refractivity contribution in [2.75, 3.05) is 0 Å². The minimum Gasteiger partial charge on any atom is -0.271 e. The van der Waals surface area contributed by atoms with Gasteiger partial charge in [-0.15, -0.1) is 0 Å². The van der Waals surface area contributed by atoms with Gasteiger partial charge in [0.05, 0.1) is 21.9 Å². The Kier molecular flexibility index (Phi) is 4.62. The molecule has 0 aliphatic heterocycles. The maximum Gasteiger partial charge on any atom is 0.146 e. The zero-order chi connectivity index (χ0) is 13.8. The molecule has 6 nitrogen and oxygen atoms in total. The van der Waals surface area contributed by atoms with Crippen LogP contribution in [-0.2, 0) is 19.9 Å². The van der Waals surface area contributed by atoms with Crippen molar-refractivity contribution in [2.45, 2.75) is 25.8 Å². The summed E-state index contributed by atoms with van der Waals surface area (Å²) in [5, 5.41) is 4.47. The molecule has 0 fully saturated rings. The van der Waals surface area contributed by atoms with Crippen molar-refractivity contribution in [1.82, 2.24) is 25.2 Å². The average Bonchev–Trinajstić information content (AvgIpc) is 2.72. The molecular weight excluding hydrogens is 308 g/mol. The molecule has 2 rings (SSSR count). The standard InChI is InChI=1S/C12H17BrN6/c1-3-8-11(13)10(19(2)18-8)7-9(17-14)12-15-5-4-6-16-12/h4-6,9,17H,3,7,14H2,1-2H3. The van der Waals surface area contributed by atoms with Crippen LogP contribution in [0.5, 0.6) is 0 Å². The SMILES string of the molecule is CCc1nn(C)c(CC(NN)c2ncccn2)c1Br. The third-order valence-corrected chi connectivity index (χ3v) is 3.91. The minimum atomic E-state index is -0.141. The van der Waals surface area contributed by atoms with Crippen LogP contribution in [0, 0.1) is 0 Å². The third kappa shape index (κ3) is 2.99. The van der Waals surface area contributed by atoms with Crippen LogP contribution in [-0.4, -0.2) is 19.7 Å². The van der Waals surface area contributed by atoms with Crippen molar-refractivity contribution in [3.63, 3.8) is 0 Å². The summed E-state index contributed by atoms with van der Waals surface area (Å²) in [6, 6.07) is 1.64. The molecule has 2 aromatic rings. The summed E-state index contributed by atoms with van der Waals surface area (Å²) >= 11 is 3.60. The van der Waals surface area contributed by atoms with E-state index in [1.807, 2.05) is 11.7 Å². The number of nitrogens with one attached hydrogen (secondary N) is 1. The lowest BCUT2D eigenvalue weighted by molar-refractivity contribution is 0.504. The first kappa shape index (κ1) is 14.1. The molecule has 0 saturated carbocycles. The van der Waals surface area contributed by atoms with Crippen LogP contribution in [0.25, 0.3) is 0 Å². The molecule has 0 radical (unpaired) electrons. The van der Waals surface area contributed by atoms with Crippen LogP contribution < -0.4 is 11.3 Å². The summed E-state index contributed by atoms with van der Waals surface area (Å²) in [4.78, 5) is 8.47. The molecule has 7 heteroatoms. The highest BCUT2D eigenvalue weighted by Crippen LogP contribution is 2.25. The second-order valence-corrected chi connectivity index (χ2v) is 5.01. The van der Waals surface area contributed by atoms with Crippen molar-refractivity contribution in [3.05, 3.63) is 40.1 Å². The van der Waals surface area contributed by atoms with Gasteiger partial charge in [0.1, 0.15) is 5.82 Å². The van der Waals surface area contributed by atoms with Gasteiger partial charge in [0.25, 0.3) is 0 Å². The van der Waals surface area contributed by atoms with E-state index >= 15 is 0 Å². The van der Waals surface area contributed by atoms with Crippen LogP contribution in [0.15, 0.2) is 22.9 Å². The first-order valence-electron chi connectivity index (χ1n) is 6.10. The van der Waals surface area contributed by atoms with Crippen LogP contribution in [0.1, 0.15) is 30.2 Å². The summed E-state index contributed by atoms with van der Waals surface area (Å²) in [7, 11) is 1.93. The Hall–Kier alpha value is -1.31. The van der Waals surface area contributed by atoms with Crippen LogP contribution in [0.3, 0.4) is 0 Å². The summed E-state index contributed by atoms with van der Waals surface area (Å²) in [5.74, 6) is 6.29. The smallest absolute Gasteiger partial charge is 0.146 e. The number of hydrogen-bond donors (Lipinski definition) is 2. The average molecular weight is 325 g/mol. The fourth-order valence-electron chi connectivity index (χ4n) is 1.95. The Balaban J connectivity index is 2.26. The van der Waals surface area contributed by atoms with E-state index in [4.69, 9.17) is 5.84 Å². The molecule has 0 aliphatic rings. The highest BCUT2D eigenvalue weighted by Gasteiger charge is 2.19. The molecule has 3 N–H and O–H groups in total. The highest BCUT2D eigenvalue weighted by molar-refractivity contribution is 9.10. The molecular formula is C12H17BrN6. The molecule has 0 amide bonds. The van der Waals surface area contributed by atoms with E-state index in [-0.39, 0.29) is 6.04 Å². The number of halogens is 1. The number of hydrogen-bond acceptors (Lipinski definition) is 5. The molecule has 102 valence electrons. The number of aromatic nitrogens is 4. The van der Waals surface area contributed by atoms with Gasteiger partial charge in [-0.05, 0) is 28.4 Å². The topological polar surface area (TPSA) is 81.7 Å².